The summed E-state index contributed by atoms with van der Waals surface area (Å²) in [5.74, 6) is -0.516. The van der Waals surface area contributed by atoms with E-state index in [1.807, 2.05) is 37.3 Å². The van der Waals surface area contributed by atoms with Crippen LogP contribution in [0.25, 0.3) is 11.2 Å². The van der Waals surface area contributed by atoms with E-state index in [1.165, 1.54) is 10.9 Å². The highest BCUT2D eigenvalue weighted by Crippen LogP contribution is 2.20. The molecule has 34 heavy (non-hydrogen) atoms. The van der Waals surface area contributed by atoms with Crippen molar-refractivity contribution in [1.29, 1.82) is 0 Å². The van der Waals surface area contributed by atoms with Crippen molar-refractivity contribution in [3.05, 3.63) is 91.8 Å². The van der Waals surface area contributed by atoms with Gasteiger partial charge in [-0.3, -0.25) is 14.2 Å². The number of anilines is 1. The number of nitrogens with zero attached hydrogens (tertiary/aromatic N) is 4. The largest absolute Gasteiger partial charge is 0.383 e. The zero-order valence-corrected chi connectivity index (χ0v) is 19.6. The minimum absolute atomic E-state index is 0.201. The Balaban J connectivity index is 1.78. The summed E-state index contributed by atoms with van der Waals surface area (Å²) < 4.78 is 9.12. The smallest absolute Gasteiger partial charge is 0.333 e. The molecule has 4 aromatic rings. The van der Waals surface area contributed by atoms with Crippen molar-refractivity contribution in [2.45, 2.75) is 26.6 Å². The number of aryl methyl sites for hydroxylation is 1. The van der Waals surface area contributed by atoms with E-state index in [-0.39, 0.29) is 17.7 Å². The predicted molar refractivity (Wildman–Crippen MR) is 130 cm³/mol. The van der Waals surface area contributed by atoms with E-state index in [0.717, 1.165) is 15.7 Å². The third-order valence-corrected chi connectivity index (χ3v) is 5.71. The van der Waals surface area contributed by atoms with E-state index < -0.39 is 23.7 Å². The monoisotopic (exact) mass is 481 g/mol. The Labute approximate surface area is 200 Å². The van der Waals surface area contributed by atoms with Crippen LogP contribution in [0.3, 0.4) is 0 Å². The Morgan fingerprint density at radius 2 is 1.88 bits per heavy atom. The van der Waals surface area contributed by atoms with Gasteiger partial charge < -0.3 is 14.6 Å². The first-order chi connectivity index (χ1) is 16.4. The number of carbonyl (C=O) groups excluding carboxylic acids is 1. The lowest BCUT2D eigenvalue weighted by Crippen LogP contribution is -2.43. The Bertz CT molecular complexity index is 1460. The van der Waals surface area contributed by atoms with E-state index in [2.05, 4.69) is 10.3 Å². The number of halogens is 1. The molecule has 0 bridgehead atoms. The van der Waals surface area contributed by atoms with Crippen LogP contribution in [0.2, 0.25) is 5.02 Å². The predicted octanol–water partition coefficient (Wildman–Crippen LogP) is 2.65. The van der Waals surface area contributed by atoms with E-state index in [4.69, 9.17) is 16.3 Å². The van der Waals surface area contributed by atoms with Crippen LogP contribution in [0, 0.1) is 6.92 Å². The quantitative estimate of drug-likeness (QED) is 0.417. The molecule has 0 fully saturated rings. The SMILES string of the molecule is COCCn1cnc2c1c(=O)n(CC(=O)Nc1cc(Cl)ccc1C)c(=O)n2Cc1ccccc1. The minimum atomic E-state index is -0.615. The summed E-state index contributed by atoms with van der Waals surface area (Å²) in [6, 6.07) is 14.5. The fourth-order valence-corrected chi connectivity index (χ4v) is 3.88. The van der Waals surface area contributed by atoms with Gasteiger partial charge in [0.05, 0.1) is 19.5 Å². The fraction of sp³-hybridized carbons (Fsp3) is 0.250. The van der Waals surface area contributed by atoms with Crippen LogP contribution in [0.1, 0.15) is 11.1 Å². The summed E-state index contributed by atoms with van der Waals surface area (Å²) in [5, 5.41) is 3.20. The normalized spacial score (nSPS) is 11.1. The maximum atomic E-state index is 13.4. The molecule has 0 aliphatic carbocycles. The van der Waals surface area contributed by atoms with Gasteiger partial charge in [0.2, 0.25) is 5.91 Å². The molecule has 10 heteroatoms. The van der Waals surface area contributed by atoms with Crippen molar-refractivity contribution in [1.82, 2.24) is 18.7 Å². The molecule has 0 spiro atoms. The first-order valence-electron chi connectivity index (χ1n) is 10.7. The summed E-state index contributed by atoms with van der Waals surface area (Å²) in [6.07, 6.45) is 1.51. The Hall–Kier alpha value is -3.69. The van der Waals surface area contributed by atoms with Gasteiger partial charge in [-0.15, -0.1) is 0 Å². The molecule has 4 rings (SSSR count). The van der Waals surface area contributed by atoms with E-state index in [1.54, 1.807) is 29.9 Å². The number of amides is 1. The second-order valence-corrected chi connectivity index (χ2v) is 8.29. The number of nitrogens with one attached hydrogen (secondary N) is 1. The van der Waals surface area contributed by atoms with Crippen molar-refractivity contribution >= 4 is 34.4 Å². The average Bonchev–Trinajstić information content (AvgIpc) is 3.25. The van der Waals surface area contributed by atoms with Gasteiger partial charge >= 0.3 is 5.69 Å². The number of fused-ring (bicyclic) bond motifs is 1. The molecule has 0 atom stereocenters. The van der Waals surface area contributed by atoms with Crippen LogP contribution in [-0.4, -0.2) is 38.3 Å². The van der Waals surface area contributed by atoms with Crippen LogP contribution in [-0.2, 0) is 29.2 Å². The van der Waals surface area contributed by atoms with Crippen LogP contribution >= 0.6 is 11.6 Å². The van der Waals surface area contributed by atoms with Crippen molar-refractivity contribution < 1.29 is 9.53 Å². The van der Waals surface area contributed by atoms with Gasteiger partial charge in [0.1, 0.15) is 6.54 Å². The summed E-state index contributed by atoms with van der Waals surface area (Å²) in [7, 11) is 1.56. The van der Waals surface area contributed by atoms with Gasteiger partial charge in [0.15, 0.2) is 11.2 Å². The van der Waals surface area contributed by atoms with Crippen molar-refractivity contribution in [3.63, 3.8) is 0 Å². The topological polar surface area (TPSA) is 100 Å². The van der Waals surface area contributed by atoms with Gasteiger partial charge in [0.25, 0.3) is 5.56 Å². The number of rotatable bonds is 8. The molecule has 0 aliphatic rings. The van der Waals surface area contributed by atoms with E-state index in [9.17, 15) is 14.4 Å². The molecule has 1 amide bonds. The lowest BCUT2D eigenvalue weighted by molar-refractivity contribution is -0.116. The number of benzene rings is 2. The van der Waals surface area contributed by atoms with Gasteiger partial charge in [-0.1, -0.05) is 48.0 Å². The summed E-state index contributed by atoms with van der Waals surface area (Å²) in [4.78, 5) is 43.9. The molecule has 0 unspecified atom stereocenters. The lowest BCUT2D eigenvalue weighted by Gasteiger charge is -2.13. The maximum Gasteiger partial charge on any atom is 0.333 e. The second-order valence-electron chi connectivity index (χ2n) is 7.86. The van der Waals surface area contributed by atoms with Crippen LogP contribution < -0.4 is 16.6 Å². The van der Waals surface area contributed by atoms with Crippen LogP contribution in [0.4, 0.5) is 5.69 Å². The first-order valence-corrected chi connectivity index (χ1v) is 11.0. The van der Waals surface area contributed by atoms with Crippen LogP contribution in [0.15, 0.2) is 64.4 Å². The van der Waals surface area contributed by atoms with Gasteiger partial charge in [-0.25, -0.2) is 14.3 Å². The van der Waals surface area contributed by atoms with Gasteiger partial charge in [-0.05, 0) is 30.2 Å². The molecule has 0 aliphatic heterocycles. The number of imidazole rings is 1. The average molecular weight is 482 g/mol. The molecule has 0 radical (unpaired) electrons. The molecular weight excluding hydrogens is 458 g/mol. The van der Waals surface area contributed by atoms with Crippen LogP contribution in [0.5, 0.6) is 0 Å². The van der Waals surface area contributed by atoms with Gasteiger partial charge in [0, 0.05) is 24.4 Å². The Kier molecular flexibility index (Phi) is 6.95. The number of aromatic nitrogens is 4. The number of ether oxygens (including phenoxy) is 1. The second kappa shape index (κ2) is 10.1. The highest BCUT2D eigenvalue weighted by Gasteiger charge is 2.20. The van der Waals surface area contributed by atoms with Gasteiger partial charge in [-0.2, -0.15) is 0 Å². The molecule has 0 saturated carbocycles. The molecule has 2 heterocycles. The molecule has 176 valence electrons. The third kappa shape index (κ3) is 4.80. The lowest BCUT2D eigenvalue weighted by atomic mass is 10.2. The highest BCUT2D eigenvalue weighted by molar-refractivity contribution is 6.31. The number of hydrogen-bond donors (Lipinski definition) is 1. The highest BCUT2D eigenvalue weighted by atomic mass is 35.5. The standard InChI is InChI=1S/C24H24ClN5O4/c1-16-8-9-18(25)12-19(16)27-20(31)14-30-23(32)21-22(26-15-28(21)10-11-34-2)29(24(30)33)13-17-6-4-3-5-7-17/h3-9,12,15H,10-11,13-14H2,1-2H3,(H,27,31). The minimum Gasteiger partial charge on any atom is -0.383 e. The zero-order chi connectivity index (χ0) is 24.2. The summed E-state index contributed by atoms with van der Waals surface area (Å²) in [6.45, 7) is 2.30. The third-order valence-electron chi connectivity index (χ3n) is 5.48. The molecule has 1 N–H and O–H groups in total. The van der Waals surface area contributed by atoms with E-state index >= 15 is 0 Å². The number of hydrogen-bond acceptors (Lipinski definition) is 5. The first kappa shape index (κ1) is 23.5. The summed E-state index contributed by atoms with van der Waals surface area (Å²) in [5.41, 5.74) is 1.48. The zero-order valence-electron chi connectivity index (χ0n) is 18.8. The molecule has 2 aromatic carbocycles. The number of carbonyl (C=O) groups is 1. The van der Waals surface area contributed by atoms with Crippen molar-refractivity contribution in [2.24, 2.45) is 0 Å². The van der Waals surface area contributed by atoms with Crippen molar-refractivity contribution in [3.8, 4) is 0 Å². The maximum absolute atomic E-state index is 13.4. The molecule has 9 nitrogen and oxygen atoms in total. The molecule has 2 aromatic heterocycles. The Morgan fingerprint density at radius 3 is 2.62 bits per heavy atom. The van der Waals surface area contributed by atoms with E-state index in [0.29, 0.717) is 23.9 Å². The van der Waals surface area contributed by atoms with Crippen molar-refractivity contribution in [2.75, 3.05) is 19.0 Å². The number of methoxy groups -OCH3 is 1. The fourth-order valence-electron chi connectivity index (χ4n) is 3.71. The molecule has 0 saturated heterocycles. The molecular formula is C24H24ClN5O4. The Morgan fingerprint density at radius 1 is 1.12 bits per heavy atom. The summed E-state index contributed by atoms with van der Waals surface area (Å²) >= 11 is 6.04.